The quantitative estimate of drug-likeness (QED) is 0.342. The van der Waals surface area contributed by atoms with Gasteiger partial charge in [0.05, 0.1) is 29.5 Å². The van der Waals surface area contributed by atoms with Crippen LogP contribution in [-0.4, -0.2) is 92.2 Å². The van der Waals surface area contributed by atoms with E-state index in [0.717, 1.165) is 68.0 Å². The summed E-state index contributed by atoms with van der Waals surface area (Å²) < 4.78 is 47.9. The zero-order chi connectivity index (χ0) is 33.5. The van der Waals surface area contributed by atoms with Gasteiger partial charge in [0.25, 0.3) is 0 Å². The summed E-state index contributed by atoms with van der Waals surface area (Å²) in [5.41, 5.74) is 2.31. The van der Waals surface area contributed by atoms with Crippen LogP contribution >= 0.6 is 0 Å². The summed E-state index contributed by atoms with van der Waals surface area (Å²) in [5, 5.41) is 3.09. The number of likely N-dealkylation sites (N-methyl/N-ethyl adjacent to an activating group) is 1. The van der Waals surface area contributed by atoms with Crippen LogP contribution < -0.4 is 19.9 Å². The molecule has 1 N–H and O–H groups in total. The number of carbonyl (C=O) groups is 1. The zero-order valence-electron chi connectivity index (χ0n) is 27.8. The number of halogens is 3. The van der Waals surface area contributed by atoms with Crippen molar-refractivity contribution in [2.24, 2.45) is 0 Å². The number of piperidine rings is 1. The molecule has 3 aliphatic heterocycles. The van der Waals surface area contributed by atoms with Gasteiger partial charge >= 0.3 is 6.18 Å². The standard InChI is InChI=1S/C35H44F3N7O2/c1-34(2)31-23(7-6-8-29(31)43(4)32(34)46)9-11-27-26(35(36,37)38)22-39-33(40-27)41-28-12-10-25(21-30(28)47-5)45-19-17-44(18-20-45)24-13-15-42(3)16-14-24/h6-8,10,12,21-22,24H,9,11,13-20H2,1-5H3,(H,39,40,41). The summed E-state index contributed by atoms with van der Waals surface area (Å²) in [6.07, 6.45) is -1.04. The van der Waals surface area contributed by atoms with Gasteiger partial charge in [-0.25, -0.2) is 9.97 Å². The highest BCUT2D eigenvalue weighted by molar-refractivity contribution is 6.07. The largest absolute Gasteiger partial charge is 0.494 e. The summed E-state index contributed by atoms with van der Waals surface area (Å²) in [4.78, 5) is 30.2. The van der Waals surface area contributed by atoms with E-state index in [2.05, 4.69) is 37.0 Å². The van der Waals surface area contributed by atoms with E-state index in [1.165, 1.54) is 12.8 Å². The zero-order valence-corrected chi connectivity index (χ0v) is 27.8. The molecule has 6 rings (SSSR count). The lowest BCUT2D eigenvalue weighted by molar-refractivity contribution is -0.138. The Hall–Kier alpha value is -3.90. The number of anilines is 4. The number of rotatable bonds is 8. The van der Waals surface area contributed by atoms with Crippen molar-refractivity contribution in [2.45, 2.75) is 57.2 Å². The lowest BCUT2D eigenvalue weighted by Crippen LogP contribution is -2.53. The predicted molar refractivity (Wildman–Crippen MR) is 178 cm³/mol. The lowest BCUT2D eigenvalue weighted by atomic mass is 9.82. The van der Waals surface area contributed by atoms with Crippen molar-refractivity contribution < 1.29 is 22.7 Å². The minimum absolute atomic E-state index is 0.0239. The molecule has 3 aromatic rings. The monoisotopic (exact) mass is 651 g/mol. The number of nitrogens with one attached hydrogen (secondary N) is 1. The summed E-state index contributed by atoms with van der Waals surface area (Å²) in [5.74, 6) is 0.569. The molecule has 1 aromatic heterocycles. The number of carbonyl (C=O) groups excluding carboxylic acids is 1. The first-order valence-electron chi connectivity index (χ1n) is 16.3. The second-order valence-corrected chi connectivity index (χ2v) is 13.4. The number of likely N-dealkylation sites (tertiary alicyclic amines) is 1. The van der Waals surface area contributed by atoms with E-state index in [0.29, 0.717) is 17.5 Å². The van der Waals surface area contributed by atoms with E-state index in [1.54, 1.807) is 19.1 Å². The van der Waals surface area contributed by atoms with Crippen LogP contribution in [-0.2, 0) is 29.2 Å². The number of ether oxygens (including phenoxy) is 1. The molecule has 1 amide bonds. The number of methoxy groups -OCH3 is 1. The van der Waals surface area contributed by atoms with Gasteiger partial charge in [-0.1, -0.05) is 12.1 Å². The summed E-state index contributed by atoms with van der Waals surface area (Å²) in [7, 11) is 5.48. The van der Waals surface area contributed by atoms with Crippen molar-refractivity contribution in [3.63, 3.8) is 0 Å². The third kappa shape index (κ3) is 6.62. The molecule has 4 heterocycles. The number of hydrogen-bond donors (Lipinski definition) is 1. The fraction of sp³-hybridized carbons (Fsp3) is 0.514. The second-order valence-electron chi connectivity index (χ2n) is 13.4. The number of nitrogens with zero attached hydrogens (tertiary/aromatic N) is 6. The molecule has 47 heavy (non-hydrogen) atoms. The highest BCUT2D eigenvalue weighted by atomic mass is 19.4. The van der Waals surface area contributed by atoms with Gasteiger partial charge in [0.2, 0.25) is 11.9 Å². The molecular formula is C35H44F3N7O2. The highest BCUT2D eigenvalue weighted by Crippen LogP contribution is 2.43. The Labute approximate surface area is 274 Å². The maximum absolute atomic E-state index is 14.1. The van der Waals surface area contributed by atoms with Crippen LogP contribution in [0.4, 0.5) is 36.2 Å². The molecule has 0 unspecified atom stereocenters. The lowest BCUT2D eigenvalue weighted by Gasteiger charge is -2.43. The van der Waals surface area contributed by atoms with E-state index >= 15 is 0 Å². The molecule has 2 fully saturated rings. The first kappa shape index (κ1) is 33.0. The molecule has 0 bridgehead atoms. The van der Waals surface area contributed by atoms with E-state index in [9.17, 15) is 18.0 Å². The maximum atomic E-state index is 14.1. The Bertz CT molecular complexity index is 1610. The Morgan fingerprint density at radius 1 is 1.00 bits per heavy atom. The number of amides is 1. The molecule has 9 nitrogen and oxygen atoms in total. The van der Waals surface area contributed by atoms with Crippen molar-refractivity contribution in [2.75, 3.05) is 75.6 Å². The van der Waals surface area contributed by atoms with Crippen LogP contribution in [0.15, 0.2) is 42.6 Å². The Morgan fingerprint density at radius 2 is 1.72 bits per heavy atom. The number of fused-ring (bicyclic) bond motifs is 1. The molecule has 0 saturated carbocycles. The maximum Gasteiger partial charge on any atom is 0.419 e. The summed E-state index contributed by atoms with van der Waals surface area (Å²) in [6, 6.07) is 12.0. The van der Waals surface area contributed by atoms with Gasteiger partial charge in [0, 0.05) is 62.9 Å². The van der Waals surface area contributed by atoms with E-state index in [-0.39, 0.29) is 30.4 Å². The van der Waals surface area contributed by atoms with Crippen molar-refractivity contribution >= 4 is 28.9 Å². The Morgan fingerprint density at radius 3 is 2.40 bits per heavy atom. The minimum Gasteiger partial charge on any atom is -0.494 e. The van der Waals surface area contributed by atoms with Crippen molar-refractivity contribution in [3.05, 3.63) is 65.0 Å². The fourth-order valence-corrected chi connectivity index (χ4v) is 7.40. The fourth-order valence-electron chi connectivity index (χ4n) is 7.40. The van der Waals surface area contributed by atoms with Crippen LogP contribution in [0.1, 0.15) is 49.1 Å². The summed E-state index contributed by atoms with van der Waals surface area (Å²) >= 11 is 0. The summed E-state index contributed by atoms with van der Waals surface area (Å²) in [6.45, 7) is 9.85. The molecule has 12 heteroatoms. The van der Waals surface area contributed by atoms with Gasteiger partial charge in [-0.2, -0.15) is 13.2 Å². The predicted octanol–water partition coefficient (Wildman–Crippen LogP) is 5.50. The number of aromatic nitrogens is 2. The Kier molecular flexibility index (Phi) is 9.10. The van der Waals surface area contributed by atoms with Gasteiger partial charge < -0.3 is 24.8 Å². The van der Waals surface area contributed by atoms with Crippen LogP contribution in [0, 0.1) is 0 Å². The first-order chi connectivity index (χ1) is 22.4. The molecule has 0 radical (unpaired) electrons. The third-order valence-corrected chi connectivity index (χ3v) is 10.1. The average molecular weight is 652 g/mol. The SMILES string of the molecule is COc1cc(N2CCN(C3CCN(C)CC3)CC2)ccc1Nc1ncc(C(F)(F)F)c(CCc2cccc3c2C(C)(C)C(=O)N3C)n1. The van der Waals surface area contributed by atoms with E-state index in [1.807, 2.05) is 50.2 Å². The number of hydrogen-bond acceptors (Lipinski definition) is 8. The van der Waals surface area contributed by atoms with Gasteiger partial charge in [0.15, 0.2) is 0 Å². The third-order valence-electron chi connectivity index (χ3n) is 10.1. The number of aryl methyl sites for hydroxylation is 2. The first-order valence-corrected chi connectivity index (χ1v) is 16.3. The average Bonchev–Trinajstić information content (AvgIpc) is 3.24. The van der Waals surface area contributed by atoms with Crippen LogP contribution in [0.25, 0.3) is 0 Å². The number of piperazine rings is 1. The second kappa shape index (κ2) is 13.0. The highest BCUT2D eigenvalue weighted by Gasteiger charge is 2.43. The van der Waals surface area contributed by atoms with Crippen molar-refractivity contribution in [1.29, 1.82) is 0 Å². The van der Waals surface area contributed by atoms with Gasteiger partial charge in [-0.05, 0) is 89.0 Å². The normalized spacial score (nSPS) is 19.3. The van der Waals surface area contributed by atoms with Gasteiger partial charge in [-0.3, -0.25) is 9.69 Å². The van der Waals surface area contributed by atoms with Gasteiger partial charge in [0.1, 0.15) is 5.75 Å². The van der Waals surface area contributed by atoms with Crippen LogP contribution in [0.3, 0.4) is 0 Å². The minimum atomic E-state index is -4.61. The van der Waals surface area contributed by atoms with E-state index in [4.69, 9.17) is 4.74 Å². The molecule has 0 atom stereocenters. The molecular weight excluding hydrogens is 607 g/mol. The van der Waals surface area contributed by atoms with Crippen molar-refractivity contribution in [3.8, 4) is 5.75 Å². The molecule has 2 saturated heterocycles. The van der Waals surface area contributed by atoms with Crippen LogP contribution in [0.5, 0.6) is 5.75 Å². The topological polar surface area (TPSA) is 77.1 Å². The van der Waals surface area contributed by atoms with Crippen LogP contribution in [0.2, 0.25) is 0 Å². The van der Waals surface area contributed by atoms with E-state index < -0.39 is 17.2 Å². The number of benzene rings is 2. The smallest absolute Gasteiger partial charge is 0.419 e. The Balaban J connectivity index is 1.18. The molecule has 2 aromatic carbocycles. The molecule has 0 spiro atoms. The molecule has 3 aliphatic rings. The molecule has 252 valence electrons. The molecule has 0 aliphatic carbocycles. The number of alkyl halides is 3. The van der Waals surface area contributed by atoms with Crippen molar-refractivity contribution in [1.82, 2.24) is 19.8 Å². The van der Waals surface area contributed by atoms with Gasteiger partial charge in [-0.15, -0.1) is 0 Å².